The highest BCUT2D eigenvalue weighted by molar-refractivity contribution is 6.13. The maximum atomic E-state index is 10.0. The molecule has 0 spiro atoms. The van der Waals surface area contributed by atoms with Crippen LogP contribution in [0.25, 0.3) is 82.5 Å². The lowest BCUT2D eigenvalue weighted by Gasteiger charge is -2.12. The molecule has 45 heavy (non-hydrogen) atoms. The van der Waals surface area contributed by atoms with Gasteiger partial charge in [-0.15, -0.1) is 0 Å². The van der Waals surface area contributed by atoms with E-state index in [-0.39, 0.29) is 0 Å². The molecule has 0 fully saturated rings. The first kappa shape index (κ1) is 9.98. The van der Waals surface area contributed by atoms with Crippen LogP contribution in [0.4, 0.5) is 0 Å². The molecule has 3 nitrogen and oxygen atoms in total. The highest BCUT2D eigenvalue weighted by atomic mass is 15.0. The largest absolute Gasteiger partial charge is 0.309 e. The van der Waals surface area contributed by atoms with Crippen LogP contribution in [0.5, 0.6) is 0 Å². The van der Waals surface area contributed by atoms with Gasteiger partial charge in [0, 0.05) is 49.4 Å². The number of nitrogens with zero attached hydrogens (tertiary/aromatic N) is 3. The molecule has 3 aromatic heterocycles. The van der Waals surface area contributed by atoms with Crippen molar-refractivity contribution in [1.29, 1.82) is 0 Å². The third-order valence-corrected chi connectivity index (χ3v) is 7.48. The molecule has 0 amide bonds. The lowest BCUT2D eigenvalue weighted by atomic mass is 10.1. The summed E-state index contributed by atoms with van der Waals surface area (Å²) < 4.78 is 245. The van der Waals surface area contributed by atoms with Crippen LogP contribution >= 0.6 is 0 Å². The van der Waals surface area contributed by atoms with Crippen molar-refractivity contribution in [2.24, 2.45) is 0 Å². The highest BCUT2D eigenvalue weighted by Gasteiger charge is 2.18. The minimum Gasteiger partial charge on any atom is -0.309 e. The van der Waals surface area contributed by atoms with Crippen LogP contribution in [0.2, 0.25) is 0 Å². The van der Waals surface area contributed by atoms with Gasteiger partial charge in [-0.3, -0.25) is 0 Å². The lowest BCUT2D eigenvalue weighted by Crippen LogP contribution is -1.98. The molecule has 210 valence electrons. The second-order valence-corrected chi connectivity index (χ2v) is 9.77. The van der Waals surface area contributed by atoms with E-state index in [1.165, 1.54) is 0 Å². The summed E-state index contributed by atoms with van der Waals surface area (Å²) in [7, 11) is 0. The Kier molecular flexibility index (Phi) is 2.04. The molecule has 0 saturated carbocycles. The number of fused-ring (bicyclic) bond motifs is 9. The molecule has 7 aromatic carbocycles. The fourth-order valence-electron chi connectivity index (χ4n) is 5.67. The van der Waals surface area contributed by atoms with E-state index >= 15 is 0 Å². The molecule has 0 radical (unpaired) electrons. The van der Waals surface area contributed by atoms with Gasteiger partial charge in [0.25, 0.3) is 0 Å². The Morgan fingerprint density at radius 3 is 1.00 bits per heavy atom. The Morgan fingerprint density at radius 2 is 0.578 bits per heavy atom. The van der Waals surface area contributed by atoms with Gasteiger partial charge in [0.05, 0.1) is 70.1 Å². The minimum atomic E-state index is -1.02. The van der Waals surface area contributed by atoms with Crippen LogP contribution in [0.15, 0.2) is 163 Å². The first-order chi connectivity index (χ1) is 33.6. The predicted molar refractivity (Wildman–Crippen MR) is 189 cm³/mol. The molecule has 0 saturated heterocycles. The zero-order valence-corrected chi connectivity index (χ0v) is 22.3. The van der Waals surface area contributed by atoms with E-state index in [1.54, 1.807) is 0 Å². The summed E-state index contributed by atoms with van der Waals surface area (Å²) in [5.74, 6) is 0. The monoisotopic (exact) mass is 600 g/mol. The summed E-state index contributed by atoms with van der Waals surface area (Å²) >= 11 is 0. The summed E-state index contributed by atoms with van der Waals surface area (Å²) in [5, 5.41) is -3.22. The topological polar surface area (TPSA) is 14.8 Å². The normalized spacial score (nSPS) is 20.4. The Bertz CT molecular complexity index is 4190. The van der Waals surface area contributed by atoms with Crippen molar-refractivity contribution >= 4 is 65.4 Å². The van der Waals surface area contributed by atoms with E-state index in [9.17, 15) is 9.60 Å². The number of rotatable bonds is 3. The Labute approximate surface area is 297 Å². The number of hydrogen-bond donors (Lipinski definition) is 0. The van der Waals surface area contributed by atoms with Gasteiger partial charge in [-0.05, 0) is 60.4 Å². The fraction of sp³-hybridized carbons (Fsp3) is 0. The molecular weight excluding hydrogens is 546 g/mol. The van der Waals surface area contributed by atoms with Crippen LogP contribution in [-0.2, 0) is 0 Å². The van der Waals surface area contributed by atoms with E-state index < -0.39 is 246 Å². The Hall–Kier alpha value is -6.06. The second-order valence-electron chi connectivity index (χ2n) is 9.77. The van der Waals surface area contributed by atoms with E-state index in [0.29, 0.717) is 0 Å². The third-order valence-electron chi connectivity index (χ3n) is 7.48. The highest BCUT2D eigenvalue weighted by Crippen LogP contribution is 2.39. The summed E-state index contributed by atoms with van der Waals surface area (Å²) in [5.41, 5.74) is -6.32. The van der Waals surface area contributed by atoms with Crippen LogP contribution < -0.4 is 0 Å². The molecule has 3 heteroatoms. The smallest absolute Gasteiger partial charge is 0.0667 e. The van der Waals surface area contributed by atoms with Gasteiger partial charge in [-0.25, -0.2) is 0 Å². The van der Waals surface area contributed by atoms with Gasteiger partial charge in [-0.1, -0.05) is 103 Å². The van der Waals surface area contributed by atoms with Gasteiger partial charge in [0.1, 0.15) is 0 Å². The van der Waals surface area contributed by atoms with Crippen LogP contribution in [0.3, 0.4) is 0 Å². The van der Waals surface area contributed by atoms with E-state index in [4.69, 9.17) is 27.4 Å². The van der Waals surface area contributed by atoms with Crippen molar-refractivity contribution in [3.05, 3.63) is 163 Å². The summed E-state index contributed by atoms with van der Waals surface area (Å²) in [6.45, 7) is 0. The number of aromatic nitrogens is 3. The van der Waals surface area contributed by atoms with Crippen LogP contribution in [0, 0.1) is 0 Å². The standard InChI is InChI=1S/C42H27N3/c1-2-12-28(13-3-1)43-37-18-8-6-16-33(37)35-25-23-30(27-41(35)43)45-40-21-11-7-17-34(40)36-24-22-29(26-42(36)45)44-38-19-9-4-14-31(38)32-15-5-10-20-39(32)44/h1-27H/i1D,2D,3D,4D,5D,6D,7D,8D,9D,10D,11D,12D,13D,14D,15D,16D,17D,18D,19D,20D,21D,22D,23D,24D,25D,26D,27D. The number of benzene rings is 7. The minimum absolute atomic E-state index is 0.477. The van der Waals surface area contributed by atoms with Crippen molar-refractivity contribution in [2.75, 3.05) is 0 Å². The van der Waals surface area contributed by atoms with E-state index in [1.807, 2.05) is 0 Å². The van der Waals surface area contributed by atoms with Crippen molar-refractivity contribution in [3.63, 3.8) is 0 Å². The van der Waals surface area contributed by atoms with Gasteiger partial charge in [-0.2, -0.15) is 0 Å². The lowest BCUT2D eigenvalue weighted by molar-refractivity contribution is 1.14. The molecule has 0 aliphatic rings. The summed E-state index contributed by atoms with van der Waals surface area (Å²) in [4.78, 5) is 0. The SMILES string of the molecule is [2H]c1c([2H])c([2H])c(-n2c3c([2H])c([2H])c([2H])c([2H])c3c3c([2H])c([2H])c(-n4c5c([2H])c([2H])c([2H])c([2H])c5c5c([2H])c([2H])c(-n6c7c([2H])c([2H])c([2H])c([2H])c7c7c([2H])c([2H])c([2H])c([2H])c76)c([2H])c54)c([2H])c32)c([2H])c1[2H]. The van der Waals surface area contributed by atoms with Gasteiger partial charge < -0.3 is 13.7 Å². The molecule has 0 bridgehead atoms. The Balaban J connectivity index is 1.54. The molecule has 0 aliphatic heterocycles. The van der Waals surface area contributed by atoms with Crippen molar-refractivity contribution in [1.82, 2.24) is 13.7 Å². The number of para-hydroxylation sites is 5. The first-order valence-corrected chi connectivity index (χ1v) is 13.3. The summed E-state index contributed by atoms with van der Waals surface area (Å²) in [6, 6.07) is -24.2. The predicted octanol–water partition coefficient (Wildman–Crippen LogP) is 11.0. The van der Waals surface area contributed by atoms with Gasteiger partial charge in [0.15, 0.2) is 0 Å². The van der Waals surface area contributed by atoms with E-state index in [0.717, 1.165) is 13.7 Å². The average molecular weight is 601 g/mol. The molecule has 0 aliphatic carbocycles. The van der Waals surface area contributed by atoms with Gasteiger partial charge >= 0.3 is 0 Å². The molecule has 0 atom stereocenters. The van der Waals surface area contributed by atoms with Gasteiger partial charge in [0.2, 0.25) is 0 Å². The Morgan fingerprint density at radius 1 is 0.267 bits per heavy atom. The second kappa shape index (κ2) is 9.22. The van der Waals surface area contributed by atoms with Crippen molar-refractivity contribution in [2.45, 2.75) is 0 Å². The molecule has 10 aromatic rings. The van der Waals surface area contributed by atoms with Crippen LogP contribution in [0.1, 0.15) is 37.0 Å². The molecule has 10 rings (SSSR count). The maximum absolute atomic E-state index is 10.0. The molecule has 3 heterocycles. The zero-order valence-electron chi connectivity index (χ0n) is 49.3. The van der Waals surface area contributed by atoms with Crippen LogP contribution in [-0.4, -0.2) is 13.7 Å². The third kappa shape index (κ3) is 3.41. The fourth-order valence-corrected chi connectivity index (χ4v) is 5.67. The zero-order chi connectivity index (χ0) is 53.0. The molecule has 0 N–H and O–H groups in total. The van der Waals surface area contributed by atoms with Crippen molar-refractivity contribution in [3.8, 4) is 17.1 Å². The first-order valence-electron chi connectivity index (χ1n) is 26.8. The average Bonchev–Trinajstić information content (AvgIpc) is 4.01. The maximum Gasteiger partial charge on any atom is 0.0667 e. The summed E-state index contributed by atoms with van der Waals surface area (Å²) in [6.07, 6.45) is 0. The quantitative estimate of drug-likeness (QED) is 0.192. The number of hydrogen-bond acceptors (Lipinski definition) is 0. The van der Waals surface area contributed by atoms with E-state index in [2.05, 4.69) is 0 Å². The molecular formula is C42H27N3. The van der Waals surface area contributed by atoms with Crippen molar-refractivity contribution < 1.29 is 37.0 Å². The molecule has 0 unspecified atom stereocenters.